The van der Waals surface area contributed by atoms with Crippen LogP contribution in [0.15, 0.2) is 18.2 Å². The van der Waals surface area contributed by atoms with E-state index >= 15 is 0 Å². The highest BCUT2D eigenvalue weighted by atomic mass is 16.5. The number of hydrogen-bond donors (Lipinski definition) is 1. The maximum absolute atomic E-state index is 11.0. The molecule has 4 heteroatoms. The Morgan fingerprint density at radius 3 is 2.88 bits per heavy atom. The van der Waals surface area contributed by atoms with Crippen molar-refractivity contribution in [1.82, 2.24) is 4.90 Å². The molecule has 1 aliphatic heterocycles. The van der Waals surface area contributed by atoms with Gasteiger partial charge in [-0.3, -0.25) is 9.69 Å². The van der Waals surface area contributed by atoms with Crippen molar-refractivity contribution in [2.75, 3.05) is 19.7 Å². The maximum atomic E-state index is 11.0. The number of likely N-dealkylation sites (tertiary alicyclic amines) is 1. The molecule has 4 nitrogen and oxygen atoms in total. The van der Waals surface area contributed by atoms with Gasteiger partial charge in [0, 0.05) is 19.1 Å². The normalized spacial score (nSPS) is 21.1. The number of hydrogen-bond acceptors (Lipinski definition) is 3. The molecule has 0 aromatic heterocycles. The highest BCUT2D eigenvalue weighted by Gasteiger charge is 2.38. The van der Waals surface area contributed by atoms with Crippen molar-refractivity contribution >= 4 is 5.97 Å². The first-order chi connectivity index (χ1) is 11.7. The van der Waals surface area contributed by atoms with Gasteiger partial charge in [0.1, 0.15) is 5.75 Å². The van der Waals surface area contributed by atoms with E-state index < -0.39 is 5.97 Å². The third kappa shape index (κ3) is 3.92. The van der Waals surface area contributed by atoms with Crippen LogP contribution in [0, 0.1) is 5.92 Å². The topological polar surface area (TPSA) is 49.8 Å². The fraction of sp³-hybridized carbons (Fsp3) is 0.650. The molecule has 0 radical (unpaired) electrons. The van der Waals surface area contributed by atoms with E-state index in [1.165, 1.54) is 30.4 Å². The molecule has 1 aromatic rings. The third-order valence-corrected chi connectivity index (χ3v) is 5.45. The van der Waals surface area contributed by atoms with E-state index in [1.54, 1.807) is 0 Å². The summed E-state index contributed by atoms with van der Waals surface area (Å²) in [4.78, 5) is 13.3. The summed E-state index contributed by atoms with van der Waals surface area (Å²) in [6.45, 7) is 4.43. The molecule has 1 heterocycles. The molecule has 3 rings (SSSR count). The summed E-state index contributed by atoms with van der Waals surface area (Å²) < 4.78 is 6.08. The van der Waals surface area contributed by atoms with E-state index in [0.29, 0.717) is 19.1 Å². The first kappa shape index (κ1) is 17.3. The number of fused-ring (bicyclic) bond motifs is 1. The molecule has 0 spiro atoms. The average molecular weight is 331 g/mol. The van der Waals surface area contributed by atoms with Gasteiger partial charge in [0.2, 0.25) is 0 Å². The van der Waals surface area contributed by atoms with E-state index in [1.807, 2.05) is 0 Å². The molecule has 1 unspecified atom stereocenters. The van der Waals surface area contributed by atoms with Crippen LogP contribution in [0.4, 0.5) is 0 Å². The number of carbonyl (C=O) groups is 1. The molecule has 0 bridgehead atoms. The van der Waals surface area contributed by atoms with Gasteiger partial charge in [-0.05, 0) is 42.9 Å². The van der Waals surface area contributed by atoms with Crippen molar-refractivity contribution in [3.05, 3.63) is 29.3 Å². The van der Waals surface area contributed by atoms with Crippen molar-refractivity contribution in [2.45, 2.75) is 57.9 Å². The van der Waals surface area contributed by atoms with Gasteiger partial charge in [0.25, 0.3) is 0 Å². The summed E-state index contributed by atoms with van der Waals surface area (Å²) in [6, 6.07) is 6.88. The Kier molecular flexibility index (Phi) is 5.77. The second-order valence-electron chi connectivity index (χ2n) is 7.19. The monoisotopic (exact) mass is 331 g/mol. The van der Waals surface area contributed by atoms with E-state index in [4.69, 9.17) is 9.84 Å². The summed E-state index contributed by atoms with van der Waals surface area (Å²) in [5.74, 6) is 0.221. The predicted octanol–water partition coefficient (Wildman–Crippen LogP) is 3.52. The van der Waals surface area contributed by atoms with E-state index in [0.717, 1.165) is 38.0 Å². The number of aliphatic carboxylic acids is 1. The second kappa shape index (κ2) is 8.02. The molecular formula is C20H29NO3. The fourth-order valence-corrected chi connectivity index (χ4v) is 3.86. The van der Waals surface area contributed by atoms with Crippen molar-refractivity contribution in [3.8, 4) is 5.75 Å². The highest BCUT2D eigenvalue weighted by Crippen LogP contribution is 2.34. The van der Waals surface area contributed by atoms with Crippen molar-refractivity contribution < 1.29 is 14.6 Å². The maximum Gasteiger partial charge on any atom is 0.309 e. The van der Waals surface area contributed by atoms with Crippen molar-refractivity contribution in [3.63, 3.8) is 0 Å². The molecule has 0 amide bonds. The van der Waals surface area contributed by atoms with Crippen LogP contribution in [-0.4, -0.2) is 41.7 Å². The Labute approximate surface area is 144 Å². The summed E-state index contributed by atoms with van der Waals surface area (Å²) in [5.41, 5.74) is 2.76. The van der Waals surface area contributed by atoms with Gasteiger partial charge >= 0.3 is 5.97 Å². The quantitative estimate of drug-likeness (QED) is 0.741. The van der Waals surface area contributed by atoms with Crippen molar-refractivity contribution in [2.24, 2.45) is 5.92 Å². The molecular weight excluding hydrogens is 302 g/mol. The second-order valence-corrected chi connectivity index (χ2v) is 7.19. The number of benzene rings is 1. The lowest BCUT2D eigenvalue weighted by Crippen LogP contribution is -2.56. The van der Waals surface area contributed by atoms with Gasteiger partial charge in [-0.1, -0.05) is 38.3 Å². The Morgan fingerprint density at radius 1 is 1.29 bits per heavy atom. The van der Waals surface area contributed by atoms with Crippen LogP contribution in [0.2, 0.25) is 0 Å². The molecule has 1 saturated heterocycles. The molecule has 1 aromatic carbocycles. The number of ether oxygens (including phenoxy) is 1. The lowest BCUT2D eigenvalue weighted by atomic mass is 9.84. The number of unbranched alkanes of at least 4 members (excludes halogenated alkanes) is 3. The van der Waals surface area contributed by atoms with Crippen LogP contribution in [0.1, 0.15) is 50.2 Å². The summed E-state index contributed by atoms with van der Waals surface area (Å²) in [6.07, 6.45) is 8.06. The predicted molar refractivity (Wildman–Crippen MR) is 94.6 cm³/mol. The Morgan fingerprint density at radius 2 is 2.12 bits per heavy atom. The van der Waals surface area contributed by atoms with Crippen LogP contribution in [0.3, 0.4) is 0 Å². The number of carboxylic acids is 1. The van der Waals surface area contributed by atoms with Gasteiger partial charge in [-0.15, -0.1) is 0 Å². The molecule has 1 N–H and O–H groups in total. The molecule has 1 aliphatic carbocycles. The van der Waals surface area contributed by atoms with Gasteiger partial charge < -0.3 is 9.84 Å². The molecule has 2 aliphatic rings. The molecule has 0 saturated carbocycles. The lowest BCUT2D eigenvalue weighted by Gasteiger charge is -2.44. The zero-order valence-electron chi connectivity index (χ0n) is 14.7. The minimum atomic E-state index is -0.654. The number of nitrogens with zero attached hydrogens (tertiary/aromatic N) is 1. The minimum Gasteiger partial charge on any atom is -0.493 e. The van der Waals surface area contributed by atoms with Gasteiger partial charge in [-0.25, -0.2) is 0 Å². The average Bonchev–Trinajstić information content (AvgIpc) is 2.53. The van der Waals surface area contributed by atoms with Crippen LogP contribution in [0.25, 0.3) is 0 Å². The highest BCUT2D eigenvalue weighted by molar-refractivity contribution is 5.71. The Balaban J connectivity index is 1.57. The van der Waals surface area contributed by atoms with Crippen LogP contribution in [0.5, 0.6) is 5.75 Å². The summed E-state index contributed by atoms with van der Waals surface area (Å²) >= 11 is 0. The molecule has 1 fully saturated rings. The fourth-order valence-electron chi connectivity index (χ4n) is 3.86. The van der Waals surface area contributed by atoms with Crippen LogP contribution < -0.4 is 4.74 Å². The number of carboxylic acid groups (broad SMARTS) is 1. The van der Waals surface area contributed by atoms with Crippen LogP contribution >= 0.6 is 0 Å². The van der Waals surface area contributed by atoms with E-state index in [2.05, 4.69) is 30.0 Å². The lowest BCUT2D eigenvalue weighted by molar-refractivity contribution is -0.148. The zero-order valence-corrected chi connectivity index (χ0v) is 14.7. The largest absolute Gasteiger partial charge is 0.493 e. The van der Waals surface area contributed by atoms with Crippen LogP contribution in [-0.2, 0) is 17.6 Å². The molecule has 132 valence electrons. The van der Waals surface area contributed by atoms with Gasteiger partial charge in [0.15, 0.2) is 0 Å². The Bertz CT molecular complexity index is 566. The smallest absolute Gasteiger partial charge is 0.309 e. The standard InChI is InChI=1S/C20H29NO3/c1-2-3-4-5-11-24-19-8-6-7-15-9-10-17(12-18(15)19)21-13-16(14-21)20(22)23/h6-8,16-17H,2-5,9-14H2,1H3,(H,22,23). The Hall–Kier alpha value is -1.55. The number of rotatable bonds is 8. The zero-order chi connectivity index (χ0) is 16.9. The summed E-state index contributed by atoms with van der Waals surface area (Å²) in [7, 11) is 0. The molecule has 1 atom stereocenters. The van der Waals surface area contributed by atoms with E-state index in [9.17, 15) is 4.79 Å². The van der Waals surface area contributed by atoms with E-state index in [-0.39, 0.29) is 5.92 Å². The van der Waals surface area contributed by atoms with Gasteiger partial charge in [0.05, 0.1) is 12.5 Å². The number of aryl methyl sites for hydroxylation is 1. The minimum absolute atomic E-state index is 0.170. The molecule has 24 heavy (non-hydrogen) atoms. The van der Waals surface area contributed by atoms with Crippen molar-refractivity contribution in [1.29, 1.82) is 0 Å². The SMILES string of the molecule is CCCCCCOc1cccc2c1CC(N1CC(C(=O)O)C1)CC2. The first-order valence-electron chi connectivity index (χ1n) is 9.39. The third-order valence-electron chi connectivity index (χ3n) is 5.45. The van der Waals surface area contributed by atoms with Gasteiger partial charge in [-0.2, -0.15) is 0 Å². The summed E-state index contributed by atoms with van der Waals surface area (Å²) in [5, 5.41) is 9.06. The first-order valence-corrected chi connectivity index (χ1v) is 9.39.